The number of carboxylic acid groups (broad SMARTS) is 1. The van der Waals surface area contributed by atoms with E-state index in [1.807, 2.05) is 30.3 Å². The minimum atomic E-state index is -1.11. The van der Waals surface area contributed by atoms with Crippen LogP contribution in [-0.4, -0.2) is 17.0 Å². The Hall–Kier alpha value is -2.93. The van der Waals surface area contributed by atoms with Crippen LogP contribution in [0.5, 0.6) is 5.75 Å². The number of aromatic carboxylic acids is 1. The normalized spacial score (nSPS) is 10.9. The number of carbonyl (C=O) groups is 2. The molecule has 0 fully saturated rings. The molecular formula is C24H15Br3N2O4. The molecule has 3 aromatic carbocycles. The van der Waals surface area contributed by atoms with Gasteiger partial charge in [0.25, 0.3) is 5.91 Å². The van der Waals surface area contributed by atoms with Crippen LogP contribution >= 0.6 is 47.8 Å². The third-order valence-electron chi connectivity index (χ3n) is 4.36. The average Bonchev–Trinajstić information content (AvgIpc) is 2.78. The van der Waals surface area contributed by atoms with Gasteiger partial charge in [0, 0.05) is 10.2 Å². The maximum absolute atomic E-state index is 12.5. The zero-order valence-electron chi connectivity index (χ0n) is 16.8. The van der Waals surface area contributed by atoms with Gasteiger partial charge in [-0.3, -0.25) is 4.79 Å². The summed E-state index contributed by atoms with van der Waals surface area (Å²) in [5.41, 5.74) is 1.76. The van der Waals surface area contributed by atoms with Gasteiger partial charge in [-0.2, -0.15) is 5.26 Å². The first kappa shape index (κ1) is 24.7. The lowest BCUT2D eigenvalue weighted by Crippen LogP contribution is -2.14. The smallest absolute Gasteiger partial charge is 0.335 e. The lowest BCUT2D eigenvalue weighted by molar-refractivity contribution is -0.112. The van der Waals surface area contributed by atoms with Crippen LogP contribution in [0.15, 0.2) is 79.7 Å². The van der Waals surface area contributed by atoms with E-state index in [0.29, 0.717) is 26.9 Å². The van der Waals surface area contributed by atoms with Crippen LogP contribution in [0.4, 0.5) is 5.69 Å². The average molecular weight is 635 g/mol. The first-order valence-corrected chi connectivity index (χ1v) is 11.8. The third-order valence-corrected chi connectivity index (χ3v) is 6.07. The Morgan fingerprint density at radius 2 is 1.70 bits per heavy atom. The van der Waals surface area contributed by atoms with Crippen molar-refractivity contribution in [1.82, 2.24) is 0 Å². The molecule has 2 N–H and O–H groups in total. The van der Waals surface area contributed by atoms with E-state index in [9.17, 15) is 14.9 Å². The number of rotatable bonds is 7. The highest BCUT2D eigenvalue weighted by molar-refractivity contribution is 9.11. The van der Waals surface area contributed by atoms with Crippen molar-refractivity contribution in [1.29, 1.82) is 5.26 Å². The number of benzene rings is 3. The highest BCUT2D eigenvalue weighted by Crippen LogP contribution is 2.36. The highest BCUT2D eigenvalue weighted by Gasteiger charge is 2.14. The van der Waals surface area contributed by atoms with Crippen molar-refractivity contribution < 1.29 is 19.4 Å². The van der Waals surface area contributed by atoms with Crippen molar-refractivity contribution in [3.05, 3.63) is 96.3 Å². The quantitative estimate of drug-likeness (QED) is 0.220. The highest BCUT2D eigenvalue weighted by atomic mass is 79.9. The summed E-state index contributed by atoms with van der Waals surface area (Å²) in [6, 6.07) is 18.9. The van der Waals surface area contributed by atoms with Gasteiger partial charge in [-0.05, 0) is 91.5 Å². The Bertz CT molecular complexity index is 1260. The van der Waals surface area contributed by atoms with E-state index in [0.717, 1.165) is 10.0 Å². The number of nitrogens with one attached hydrogen (secondary N) is 1. The van der Waals surface area contributed by atoms with Gasteiger partial charge < -0.3 is 15.2 Å². The summed E-state index contributed by atoms with van der Waals surface area (Å²) in [7, 11) is 0. The topological polar surface area (TPSA) is 99.4 Å². The molecule has 166 valence electrons. The van der Waals surface area contributed by atoms with E-state index in [1.165, 1.54) is 24.3 Å². The molecule has 0 aromatic heterocycles. The third kappa shape index (κ3) is 6.78. The molecule has 0 aliphatic heterocycles. The monoisotopic (exact) mass is 632 g/mol. The van der Waals surface area contributed by atoms with Crippen LogP contribution in [0.2, 0.25) is 0 Å². The number of amides is 1. The Balaban J connectivity index is 1.77. The fraction of sp³-hybridized carbons (Fsp3) is 0.0417. The van der Waals surface area contributed by atoms with Crippen LogP contribution in [-0.2, 0) is 11.4 Å². The molecule has 33 heavy (non-hydrogen) atoms. The van der Waals surface area contributed by atoms with Gasteiger partial charge in [-0.1, -0.05) is 34.1 Å². The lowest BCUT2D eigenvalue weighted by atomic mass is 10.1. The largest absolute Gasteiger partial charge is 0.487 e. The molecule has 3 rings (SSSR count). The molecule has 3 aromatic rings. The molecule has 0 saturated carbocycles. The first-order chi connectivity index (χ1) is 15.8. The molecule has 0 radical (unpaired) electrons. The zero-order valence-corrected chi connectivity index (χ0v) is 21.6. The zero-order chi connectivity index (χ0) is 24.0. The fourth-order valence-electron chi connectivity index (χ4n) is 2.78. The second-order valence-electron chi connectivity index (χ2n) is 6.74. The minimum Gasteiger partial charge on any atom is -0.487 e. The molecule has 0 spiro atoms. The summed E-state index contributed by atoms with van der Waals surface area (Å²) in [6.45, 7) is 0.362. The molecule has 9 heteroatoms. The summed E-state index contributed by atoms with van der Waals surface area (Å²) in [6.07, 6.45) is 1.43. The SMILES string of the molecule is N#C/C(=C/c1cc(Br)c(OCc2ccc(Br)cc2)c(Br)c1)C(=O)Nc1cccc(C(=O)O)c1. The van der Waals surface area contributed by atoms with E-state index >= 15 is 0 Å². The van der Waals surface area contributed by atoms with Gasteiger partial charge in [-0.15, -0.1) is 0 Å². The maximum Gasteiger partial charge on any atom is 0.335 e. The van der Waals surface area contributed by atoms with Gasteiger partial charge >= 0.3 is 5.97 Å². The van der Waals surface area contributed by atoms with Crippen molar-refractivity contribution in [3.63, 3.8) is 0 Å². The van der Waals surface area contributed by atoms with Crippen molar-refractivity contribution in [2.45, 2.75) is 6.61 Å². The van der Waals surface area contributed by atoms with Gasteiger partial charge in [0.15, 0.2) is 0 Å². The molecule has 0 saturated heterocycles. The van der Waals surface area contributed by atoms with Crippen LogP contribution in [0, 0.1) is 11.3 Å². The minimum absolute atomic E-state index is 0.0295. The van der Waals surface area contributed by atoms with Crippen LogP contribution < -0.4 is 10.1 Å². The maximum atomic E-state index is 12.5. The predicted octanol–water partition coefficient (Wildman–Crippen LogP) is 6.80. The van der Waals surface area contributed by atoms with Gasteiger partial charge in [-0.25, -0.2) is 4.79 Å². The standard InChI is InChI=1S/C24H15Br3N2O4/c25-18-6-4-14(5-7-18)13-33-22-20(26)9-15(10-21(22)27)8-17(12-28)23(30)29-19-3-1-2-16(11-19)24(31)32/h1-11H,13H2,(H,29,30)(H,31,32)/b17-8-. The summed E-state index contributed by atoms with van der Waals surface area (Å²) in [5, 5.41) is 21.1. The van der Waals surface area contributed by atoms with E-state index < -0.39 is 11.9 Å². The van der Waals surface area contributed by atoms with Crippen molar-refractivity contribution in [3.8, 4) is 11.8 Å². The Morgan fingerprint density at radius 3 is 2.30 bits per heavy atom. The van der Waals surface area contributed by atoms with E-state index in [4.69, 9.17) is 9.84 Å². The summed E-state index contributed by atoms with van der Waals surface area (Å²) in [4.78, 5) is 23.7. The number of nitrogens with zero attached hydrogens (tertiary/aromatic N) is 1. The number of anilines is 1. The van der Waals surface area contributed by atoms with Gasteiger partial charge in [0.2, 0.25) is 0 Å². The van der Waals surface area contributed by atoms with Gasteiger partial charge in [0.05, 0.1) is 14.5 Å². The van der Waals surface area contributed by atoms with Crippen LogP contribution in [0.25, 0.3) is 6.08 Å². The number of carbonyl (C=O) groups excluding carboxylic acids is 1. The first-order valence-electron chi connectivity index (χ1n) is 9.39. The van der Waals surface area contributed by atoms with E-state index in [1.54, 1.807) is 18.2 Å². The summed E-state index contributed by atoms with van der Waals surface area (Å²) in [5.74, 6) is -1.18. The fourth-order valence-corrected chi connectivity index (χ4v) is 4.50. The number of carboxylic acids is 1. The van der Waals surface area contributed by atoms with Crippen molar-refractivity contribution in [2.24, 2.45) is 0 Å². The number of hydrogen-bond acceptors (Lipinski definition) is 4. The van der Waals surface area contributed by atoms with Crippen LogP contribution in [0.1, 0.15) is 21.5 Å². The number of ether oxygens (including phenoxy) is 1. The molecular weight excluding hydrogens is 620 g/mol. The molecule has 0 heterocycles. The molecule has 0 aliphatic carbocycles. The molecule has 0 atom stereocenters. The van der Waals surface area contributed by atoms with Gasteiger partial charge in [0.1, 0.15) is 24.0 Å². The Kier molecular flexibility index (Phi) is 8.44. The van der Waals surface area contributed by atoms with E-state index in [-0.39, 0.29) is 16.8 Å². The summed E-state index contributed by atoms with van der Waals surface area (Å²) >= 11 is 10.4. The molecule has 0 unspecified atom stereocenters. The van der Waals surface area contributed by atoms with E-state index in [2.05, 4.69) is 53.1 Å². The second kappa shape index (κ2) is 11.3. The van der Waals surface area contributed by atoms with Crippen LogP contribution in [0.3, 0.4) is 0 Å². The number of halogens is 3. The number of nitriles is 1. The Morgan fingerprint density at radius 1 is 1.03 bits per heavy atom. The number of hydrogen-bond donors (Lipinski definition) is 2. The molecule has 0 bridgehead atoms. The Labute approximate surface area is 215 Å². The predicted molar refractivity (Wildman–Crippen MR) is 136 cm³/mol. The molecule has 0 aliphatic rings. The molecule has 6 nitrogen and oxygen atoms in total. The lowest BCUT2D eigenvalue weighted by Gasteiger charge is -2.12. The molecule has 1 amide bonds. The van der Waals surface area contributed by atoms with Crippen molar-refractivity contribution >= 4 is 71.4 Å². The van der Waals surface area contributed by atoms with Crippen molar-refractivity contribution in [2.75, 3.05) is 5.32 Å². The second-order valence-corrected chi connectivity index (χ2v) is 9.36. The summed E-state index contributed by atoms with van der Waals surface area (Å²) < 4.78 is 8.19.